The van der Waals surface area contributed by atoms with Crippen LogP contribution in [0.4, 0.5) is 0 Å². The molecule has 0 aromatic heterocycles. The summed E-state index contributed by atoms with van der Waals surface area (Å²) in [6.07, 6.45) is 41.7. The Kier molecular flexibility index (Phi) is 21.2. The number of allylic oxidation sites excluding steroid dienone is 8. The maximum absolute atomic E-state index is 2.52. The van der Waals surface area contributed by atoms with Gasteiger partial charge >= 0.3 is 26.2 Å². The predicted molar refractivity (Wildman–Crippen MR) is 142 cm³/mol. The van der Waals surface area contributed by atoms with Crippen molar-refractivity contribution in [3.63, 3.8) is 0 Å². The Labute approximate surface area is 250 Å². The summed E-state index contributed by atoms with van der Waals surface area (Å²) in [5.74, 6) is 3.02. The molecule has 0 saturated heterocycles. The van der Waals surface area contributed by atoms with Crippen molar-refractivity contribution >= 4 is 0 Å². The topological polar surface area (TPSA) is 0 Å². The van der Waals surface area contributed by atoms with E-state index in [1.54, 1.807) is 11.1 Å². The van der Waals surface area contributed by atoms with Gasteiger partial charge < -0.3 is 24.8 Å². The number of fused-ring (bicyclic) bond motifs is 2. The van der Waals surface area contributed by atoms with E-state index in [1.807, 2.05) is 0 Å². The average Bonchev–Trinajstić information content (AvgIpc) is 3.39. The number of halogens is 2. The first-order chi connectivity index (χ1) is 15.7. The Hall–Kier alpha value is 0.163. The van der Waals surface area contributed by atoms with E-state index in [0.717, 1.165) is 23.7 Å². The zero-order valence-electron chi connectivity index (χ0n) is 22.5. The molecule has 35 heavy (non-hydrogen) atoms. The van der Waals surface area contributed by atoms with Crippen molar-refractivity contribution in [3.8, 4) is 0 Å². The van der Waals surface area contributed by atoms with E-state index < -0.39 is 0 Å². The maximum atomic E-state index is 2.52. The Balaban J connectivity index is 0.000000608. The van der Waals surface area contributed by atoms with Crippen LogP contribution in [0.1, 0.15) is 117 Å². The van der Waals surface area contributed by atoms with Crippen LogP contribution in [-0.4, -0.2) is 0 Å². The van der Waals surface area contributed by atoms with Crippen molar-refractivity contribution in [2.75, 3.05) is 0 Å². The van der Waals surface area contributed by atoms with E-state index in [4.69, 9.17) is 0 Å². The van der Waals surface area contributed by atoms with Gasteiger partial charge in [-0.25, -0.2) is 36.1 Å². The van der Waals surface area contributed by atoms with E-state index >= 15 is 0 Å². The van der Waals surface area contributed by atoms with Gasteiger partial charge in [0.25, 0.3) is 0 Å². The van der Waals surface area contributed by atoms with Gasteiger partial charge in [0.15, 0.2) is 0 Å². The molecule has 3 heteroatoms. The first-order valence-electron chi connectivity index (χ1n) is 14.2. The van der Waals surface area contributed by atoms with E-state index in [9.17, 15) is 0 Å². The standard InChI is InChI=1S/2C16H25.2ClH.Zr/c2*1-14-9-6-4-2-3-5-7-10-15-11-8-12-16(15)13-14;;;/h2*8,11-15H,2-7,9-10H2,1H3;2*1H;/q2*-1;;;+4/p-2. The molecule has 4 rings (SSSR count). The van der Waals surface area contributed by atoms with Crippen LogP contribution in [0.5, 0.6) is 0 Å². The molecule has 0 heterocycles. The number of rotatable bonds is 0. The first-order valence-corrected chi connectivity index (χ1v) is 14.2. The second kappa shape index (κ2) is 21.1. The molecule has 4 atom stereocenters. The summed E-state index contributed by atoms with van der Waals surface area (Å²) in [5.41, 5.74) is 3.18. The maximum Gasteiger partial charge on any atom is 4.00 e. The molecule has 0 aromatic rings. The van der Waals surface area contributed by atoms with E-state index in [1.165, 1.54) is 103 Å². The van der Waals surface area contributed by atoms with Crippen molar-refractivity contribution in [1.29, 1.82) is 0 Å². The molecule has 0 spiro atoms. The summed E-state index contributed by atoms with van der Waals surface area (Å²) in [6, 6.07) is 0. The third kappa shape index (κ3) is 14.0. The Bertz CT molecular complexity index is 592. The van der Waals surface area contributed by atoms with Crippen molar-refractivity contribution in [3.05, 3.63) is 60.4 Å². The van der Waals surface area contributed by atoms with Crippen LogP contribution >= 0.6 is 0 Å². The SMILES string of the molecule is CC1[CH-]C2=CC=CC2CCCCCCCC1.CC1[CH-]C2=CC=CC2CCCCCCCC1.[Cl-].[Cl-].[Zr+4]. The number of hydrogen-bond acceptors (Lipinski definition) is 0. The van der Waals surface area contributed by atoms with Crippen LogP contribution in [-0.2, 0) is 26.2 Å². The molecule has 0 aliphatic heterocycles. The Morgan fingerprint density at radius 1 is 0.514 bits per heavy atom. The van der Waals surface area contributed by atoms with Gasteiger partial charge in [0.05, 0.1) is 0 Å². The summed E-state index contributed by atoms with van der Waals surface area (Å²) in [6.45, 7) is 4.75. The van der Waals surface area contributed by atoms with Gasteiger partial charge in [-0.2, -0.15) is 0 Å². The van der Waals surface area contributed by atoms with Crippen LogP contribution in [0.2, 0.25) is 0 Å². The van der Waals surface area contributed by atoms with Crippen molar-refractivity contribution in [1.82, 2.24) is 0 Å². The molecule has 0 N–H and O–H groups in total. The summed E-state index contributed by atoms with van der Waals surface area (Å²) in [5, 5.41) is 0. The van der Waals surface area contributed by atoms with E-state index in [0.29, 0.717) is 0 Å². The largest absolute Gasteiger partial charge is 4.00 e. The molecule has 4 aliphatic rings. The molecular weight excluding hydrogens is 546 g/mol. The average molecular weight is 597 g/mol. The van der Waals surface area contributed by atoms with Gasteiger partial charge in [0.1, 0.15) is 0 Å². The molecule has 0 nitrogen and oxygen atoms in total. The summed E-state index contributed by atoms with van der Waals surface area (Å²) in [4.78, 5) is 0. The van der Waals surface area contributed by atoms with Crippen LogP contribution in [0, 0.1) is 36.5 Å². The summed E-state index contributed by atoms with van der Waals surface area (Å²) >= 11 is 0. The van der Waals surface area contributed by atoms with Crippen molar-refractivity contribution < 1.29 is 51.0 Å². The molecule has 0 radical (unpaired) electrons. The minimum absolute atomic E-state index is 0. The molecule has 4 aliphatic carbocycles. The molecular formula is C32H50Cl2Zr. The normalized spacial score (nSPS) is 29.2. The fraction of sp³-hybridized carbons (Fsp3) is 0.688. The second-order valence-corrected chi connectivity index (χ2v) is 11.0. The molecule has 2 fully saturated rings. The Morgan fingerprint density at radius 3 is 1.20 bits per heavy atom. The minimum Gasteiger partial charge on any atom is -1.00 e. The second-order valence-electron chi connectivity index (χ2n) is 11.0. The quantitative estimate of drug-likeness (QED) is 0.369. The zero-order chi connectivity index (χ0) is 22.4. The number of hydrogen-bond donors (Lipinski definition) is 0. The Morgan fingerprint density at radius 2 is 0.829 bits per heavy atom. The van der Waals surface area contributed by atoms with Crippen LogP contribution in [0.25, 0.3) is 0 Å². The smallest absolute Gasteiger partial charge is 1.00 e. The fourth-order valence-electron chi connectivity index (χ4n) is 5.85. The van der Waals surface area contributed by atoms with Gasteiger partial charge in [-0.05, 0) is 24.7 Å². The third-order valence-corrected chi connectivity index (χ3v) is 7.92. The van der Waals surface area contributed by atoms with Gasteiger partial charge in [-0.3, -0.25) is 0 Å². The third-order valence-electron chi connectivity index (χ3n) is 7.92. The fourth-order valence-corrected chi connectivity index (χ4v) is 5.85. The van der Waals surface area contributed by atoms with Crippen molar-refractivity contribution in [2.24, 2.45) is 23.7 Å². The molecule has 0 amide bonds. The monoisotopic (exact) mass is 594 g/mol. The molecule has 4 unspecified atom stereocenters. The van der Waals surface area contributed by atoms with Gasteiger partial charge in [0, 0.05) is 0 Å². The van der Waals surface area contributed by atoms with Crippen LogP contribution in [0.3, 0.4) is 0 Å². The summed E-state index contributed by atoms with van der Waals surface area (Å²) < 4.78 is 0. The molecule has 2 saturated carbocycles. The molecule has 0 bridgehead atoms. The predicted octanol–water partition coefficient (Wildman–Crippen LogP) is 4.15. The van der Waals surface area contributed by atoms with Gasteiger partial charge in [-0.15, -0.1) is 12.2 Å². The van der Waals surface area contributed by atoms with Crippen LogP contribution < -0.4 is 24.8 Å². The van der Waals surface area contributed by atoms with Crippen molar-refractivity contribution in [2.45, 2.75) is 117 Å². The zero-order valence-corrected chi connectivity index (χ0v) is 26.5. The van der Waals surface area contributed by atoms with Gasteiger partial charge in [-0.1, -0.05) is 128 Å². The first kappa shape index (κ1) is 35.2. The van der Waals surface area contributed by atoms with Gasteiger partial charge in [0.2, 0.25) is 0 Å². The van der Waals surface area contributed by atoms with E-state index in [-0.39, 0.29) is 51.0 Å². The minimum atomic E-state index is 0. The molecule has 0 aromatic carbocycles. The van der Waals surface area contributed by atoms with Crippen LogP contribution in [0.15, 0.2) is 47.6 Å². The molecule has 196 valence electrons. The summed E-state index contributed by atoms with van der Waals surface area (Å²) in [7, 11) is 0. The van der Waals surface area contributed by atoms with E-state index in [2.05, 4.69) is 63.1 Å².